The molecule has 35 heavy (non-hydrogen) atoms. The number of ether oxygens (including phenoxy) is 2. The number of benzene rings is 3. The molecule has 0 unspecified atom stereocenters. The Kier molecular flexibility index (Phi) is 6.40. The van der Waals surface area contributed by atoms with Gasteiger partial charge in [-0.1, -0.05) is 36.0 Å². The molecule has 0 radical (unpaired) electrons. The van der Waals surface area contributed by atoms with E-state index in [1.165, 1.54) is 11.8 Å². The summed E-state index contributed by atoms with van der Waals surface area (Å²) in [6.07, 6.45) is 3.57. The van der Waals surface area contributed by atoms with Crippen LogP contribution >= 0.6 is 11.8 Å². The first-order valence-corrected chi connectivity index (χ1v) is 11.9. The number of carbonyl (C=O) groups is 2. The molecule has 4 aromatic rings. The third-order valence-electron chi connectivity index (χ3n) is 5.30. The Balaban J connectivity index is 1.24. The lowest BCUT2D eigenvalue weighted by Crippen LogP contribution is -2.19. The zero-order chi connectivity index (χ0) is 24.2. The number of amides is 2. The van der Waals surface area contributed by atoms with Crippen LogP contribution in [0.4, 0.5) is 11.4 Å². The van der Waals surface area contributed by atoms with Gasteiger partial charge in [-0.2, -0.15) is 0 Å². The fourth-order valence-corrected chi connectivity index (χ4v) is 4.42. The molecule has 0 atom stereocenters. The molecule has 0 saturated heterocycles. The number of hydrogen-bond donors (Lipinski definition) is 2. The molecular weight excluding hydrogens is 464 g/mol. The zero-order valence-electron chi connectivity index (χ0n) is 18.9. The van der Waals surface area contributed by atoms with Crippen molar-refractivity contribution in [2.45, 2.75) is 12.1 Å². The number of carbonyl (C=O) groups excluding carboxylic acids is 2. The molecule has 0 fully saturated rings. The first-order valence-electron chi connectivity index (χ1n) is 10.9. The molecule has 0 spiro atoms. The van der Waals surface area contributed by atoms with Crippen LogP contribution in [0.25, 0.3) is 5.69 Å². The van der Waals surface area contributed by atoms with E-state index in [2.05, 4.69) is 21.7 Å². The number of rotatable bonds is 7. The number of nitrogens with one attached hydrogen (secondary N) is 2. The zero-order valence-corrected chi connectivity index (χ0v) is 19.7. The Labute approximate surface area is 206 Å². The summed E-state index contributed by atoms with van der Waals surface area (Å²) in [4.78, 5) is 30.1. The van der Waals surface area contributed by atoms with E-state index in [0.29, 0.717) is 33.6 Å². The van der Waals surface area contributed by atoms with Crippen LogP contribution in [0, 0.1) is 6.92 Å². The molecule has 9 heteroatoms. The van der Waals surface area contributed by atoms with Gasteiger partial charge in [0.2, 0.25) is 12.7 Å². The lowest BCUT2D eigenvalue weighted by Gasteiger charge is -2.12. The first kappa shape index (κ1) is 22.5. The van der Waals surface area contributed by atoms with Crippen LogP contribution in [0.2, 0.25) is 0 Å². The number of hydrogen-bond acceptors (Lipinski definition) is 6. The Morgan fingerprint density at radius 1 is 1.00 bits per heavy atom. The van der Waals surface area contributed by atoms with E-state index < -0.39 is 0 Å². The Hall–Kier alpha value is -4.24. The highest BCUT2D eigenvalue weighted by Gasteiger charge is 2.17. The maximum Gasteiger partial charge on any atom is 0.257 e. The highest BCUT2D eigenvalue weighted by Crippen LogP contribution is 2.34. The number of fused-ring (bicyclic) bond motifs is 1. The molecule has 1 aromatic heterocycles. The van der Waals surface area contributed by atoms with Crippen molar-refractivity contribution in [3.05, 3.63) is 90.3 Å². The van der Waals surface area contributed by atoms with Gasteiger partial charge in [0.05, 0.1) is 17.0 Å². The Bertz CT molecular complexity index is 1400. The second-order valence-electron chi connectivity index (χ2n) is 7.82. The second-order valence-corrected chi connectivity index (χ2v) is 8.77. The second kappa shape index (κ2) is 9.94. The van der Waals surface area contributed by atoms with E-state index >= 15 is 0 Å². The highest BCUT2D eigenvalue weighted by molar-refractivity contribution is 7.99. The average Bonchev–Trinajstić information content (AvgIpc) is 3.52. The molecule has 176 valence electrons. The molecule has 0 aliphatic carbocycles. The number of aryl methyl sites for hydroxylation is 1. The summed E-state index contributed by atoms with van der Waals surface area (Å²) in [7, 11) is 0. The van der Waals surface area contributed by atoms with Crippen molar-refractivity contribution in [3.63, 3.8) is 0 Å². The van der Waals surface area contributed by atoms with Crippen molar-refractivity contribution in [1.29, 1.82) is 0 Å². The van der Waals surface area contributed by atoms with Crippen molar-refractivity contribution < 1.29 is 19.1 Å². The molecule has 2 amide bonds. The van der Waals surface area contributed by atoms with Crippen LogP contribution in [-0.2, 0) is 4.79 Å². The molecule has 2 N–H and O–H groups in total. The Morgan fingerprint density at radius 3 is 2.74 bits per heavy atom. The van der Waals surface area contributed by atoms with Crippen molar-refractivity contribution in [1.82, 2.24) is 9.55 Å². The molecule has 8 nitrogen and oxygen atoms in total. The fraction of sp³-hybridized carbons (Fsp3) is 0.115. The molecule has 2 heterocycles. The summed E-state index contributed by atoms with van der Waals surface area (Å²) in [5.74, 6) is 0.766. The summed E-state index contributed by atoms with van der Waals surface area (Å²) in [6, 6.07) is 20.1. The van der Waals surface area contributed by atoms with Gasteiger partial charge in [0.1, 0.15) is 0 Å². The van der Waals surface area contributed by atoms with Gasteiger partial charge in [0, 0.05) is 29.8 Å². The van der Waals surface area contributed by atoms with Gasteiger partial charge in [0.15, 0.2) is 16.7 Å². The van der Waals surface area contributed by atoms with Crippen LogP contribution in [0.3, 0.4) is 0 Å². The van der Waals surface area contributed by atoms with Gasteiger partial charge in [-0.25, -0.2) is 4.98 Å². The van der Waals surface area contributed by atoms with Crippen molar-refractivity contribution in [2.75, 3.05) is 23.2 Å². The van der Waals surface area contributed by atoms with Gasteiger partial charge in [-0.3, -0.25) is 14.2 Å². The highest BCUT2D eigenvalue weighted by atomic mass is 32.2. The van der Waals surface area contributed by atoms with E-state index in [4.69, 9.17) is 9.47 Å². The quantitative estimate of drug-likeness (QED) is 0.361. The molecule has 1 aliphatic rings. The first-order chi connectivity index (χ1) is 17.1. The van der Waals surface area contributed by atoms with E-state index in [9.17, 15) is 9.59 Å². The van der Waals surface area contributed by atoms with Gasteiger partial charge in [-0.05, 0) is 48.9 Å². The van der Waals surface area contributed by atoms with Crippen LogP contribution in [0.1, 0.15) is 15.9 Å². The minimum absolute atomic E-state index is 0.140. The monoisotopic (exact) mass is 486 g/mol. The minimum Gasteiger partial charge on any atom is -0.454 e. The molecule has 1 aliphatic heterocycles. The SMILES string of the molecule is Cc1cccc(-n2ccnc2SCC(=O)Nc2ccccc2C(=O)Nc2ccc3c(c2)OCO3)c1. The van der Waals surface area contributed by atoms with Crippen LogP contribution in [0.5, 0.6) is 11.5 Å². The summed E-state index contributed by atoms with van der Waals surface area (Å²) in [5.41, 5.74) is 3.47. The van der Waals surface area contributed by atoms with Crippen LogP contribution in [0.15, 0.2) is 84.3 Å². The maximum atomic E-state index is 12.9. The topological polar surface area (TPSA) is 94.5 Å². The smallest absolute Gasteiger partial charge is 0.257 e. The van der Waals surface area contributed by atoms with Crippen molar-refractivity contribution in [3.8, 4) is 17.2 Å². The molecule has 5 rings (SSSR count). The molecule has 0 saturated carbocycles. The lowest BCUT2D eigenvalue weighted by atomic mass is 10.1. The summed E-state index contributed by atoms with van der Waals surface area (Å²) < 4.78 is 12.6. The standard InChI is InChI=1S/C26H22N4O4S/c1-17-5-4-6-19(13-17)30-12-11-27-26(30)35-15-24(31)29-21-8-3-2-7-20(21)25(32)28-18-9-10-22-23(14-18)34-16-33-22/h2-14H,15-16H2,1H3,(H,28,32)(H,29,31). The fourth-order valence-electron chi connectivity index (χ4n) is 3.65. The molecule has 0 bridgehead atoms. The third-order valence-corrected chi connectivity index (χ3v) is 6.26. The number of anilines is 2. The van der Waals surface area contributed by atoms with E-state index in [1.807, 2.05) is 35.9 Å². The van der Waals surface area contributed by atoms with Gasteiger partial charge in [0.25, 0.3) is 5.91 Å². The number of nitrogens with zero attached hydrogens (tertiary/aromatic N) is 2. The molecule has 3 aromatic carbocycles. The Morgan fingerprint density at radius 2 is 1.86 bits per heavy atom. The van der Waals surface area contributed by atoms with Gasteiger partial charge >= 0.3 is 0 Å². The van der Waals surface area contributed by atoms with Crippen molar-refractivity contribution in [2.24, 2.45) is 0 Å². The van der Waals surface area contributed by atoms with Gasteiger partial charge < -0.3 is 20.1 Å². The summed E-state index contributed by atoms with van der Waals surface area (Å²) in [5, 5.41) is 6.40. The third kappa shape index (κ3) is 5.15. The van der Waals surface area contributed by atoms with Crippen molar-refractivity contribution >= 4 is 35.0 Å². The normalized spacial score (nSPS) is 11.8. The number of aromatic nitrogens is 2. The predicted molar refractivity (Wildman–Crippen MR) is 135 cm³/mol. The lowest BCUT2D eigenvalue weighted by molar-refractivity contribution is -0.113. The van der Waals surface area contributed by atoms with E-state index in [0.717, 1.165) is 11.3 Å². The maximum absolute atomic E-state index is 12.9. The van der Waals surface area contributed by atoms with E-state index in [-0.39, 0.29) is 24.4 Å². The van der Waals surface area contributed by atoms with Crippen LogP contribution in [-0.4, -0.2) is 33.9 Å². The summed E-state index contributed by atoms with van der Waals surface area (Å²) in [6.45, 7) is 2.19. The molecular formula is C26H22N4O4S. The largest absolute Gasteiger partial charge is 0.454 e. The number of imidazole rings is 1. The van der Waals surface area contributed by atoms with E-state index in [1.54, 1.807) is 48.7 Å². The van der Waals surface area contributed by atoms with Gasteiger partial charge in [-0.15, -0.1) is 0 Å². The minimum atomic E-state index is -0.345. The average molecular weight is 487 g/mol. The van der Waals surface area contributed by atoms with Crippen LogP contribution < -0.4 is 20.1 Å². The predicted octanol–water partition coefficient (Wildman–Crippen LogP) is 4.89. The number of para-hydroxylation sites is 1. The number of thioether (sulfide) groups is 1. The summed E-state index contributed by atoms with van der Waals surface area (Å²) >= 11 is 1.32.